The fourth-order valence-corrected chi connectivity index (χ4v) is 3.30. The highest BCUT2D eigenvalue weighted by Crippen LogP contribution is 2.27. The number of hydrogen-bond acceptors (Lipinski definition) is 4. The second kappa shape index (κ2) is 9.03. The molecule has 0 aliphatic heterocycles. The molecule has 0 fully saturated rings. The number of nitrogens with zero attached hydrogens (tertiary/aromatic N) is 1. The summed E-state index contributed by atoms with van der Waals surface area (Å²) < 4.78 is 62.0. The fourth-order valence-electron chi connectivity index (χ4n) is 2.89. The summed E-state index contributed by atoms with van der Waals surface area (Å²) in [6.45, 7) is 0.141. The Labute approximate surface area is 181 Å². The lowest BCUT2D eigenvalue weighted by atomic mass is 10.1. The van der Waals surface area contributed by atoms with Crippen LogP contribution in [0.25, 0.3) is 5.69 Å². The summed E-state index contributed by atoms with van der Waals surface area (Å²) in [5.41, 5.74) is -1.84. The number of pyridine rings is 1. The number of halogens is 5. The number of ketones is 1. The molecule has 2 aromatic carbocycles. The van der Waals surface area contributed by atoms with E-state index >= 15 is 0 Å². The minimum Gasteiger partial charge on any atom is -0.487 e. The van der Waals surface area contributed by atoms with Crippen molar-refractivity contribution in [2.45, 2.75) is 13.5 Å². The molecular formula is C21H14BrF4NO4. The Hall–Kier alpha value is -2.98. The summed E-state index contributed by atoms with van der Waals surface area (Å²) in [6.07, 6.45) is 0. The molecule has 10 heteroatoms. The molecule has 0 aliphatic rings. The van der Waals surface area contributed by atoms with Crippen LogP contribution < -0.4 is 10.3 Å². The number of carbonyl (C=O) groups is 1. The molecule has 1 aromatic heterocycles. The molecule has 1 N–H and O–H groups in total. The summed E-state index contributed by atoms with van der Waals surface area (Å²) in [5, 5.41) is 8.86. The molecule has 0 aliphatic carbocycles. The highest BCUT2D eigenvalue weighted by atomic mass is 79.9. The number of carbonyl (C=O) groups excluding carboxylic acids is 1. The Morgan fingerprint density at radius 2 is 1.71 bits per heavy atom. The minimum atomic E-state index is -1.18. The van der Waals surface area contributed by atoms with Crippen molar-refractivity contribution in [3.05, 3.63) is 91.3 Å². The molecule has 5 nitrogen and oxygen atoms in total. The zero-order valence-electron chi connectivity index (χ0n) is 15.9. The van der Waals surface area contributed by atoms with E-state index in [0.717, 1.165) is 22.8 Å². The van der Waals surface area contributed by atoms with E-state index in [9.17, 15) is 27.2 Å². The third-order valence-electron chi connectivity index (χ3n) is 4.40. The van der Waals surface area contributed by atoms with Crippen molar-refractivity contribution in [3.63, 3.8) is 0 Å². The van der Waals surface area contributed by atoms with Gasteiger partial charge in [0.05, 0.1) is 0 Å². The highest BCUT2D eigenvalue weighted by Gasteiger charge is 2.21. The lowest BCUT2D eigenvalue weighted by Crippen LogP contribution is -2.24. The zero-order valence-corrected chi connectivity index (χ0v) is 17.5. The number of Topliss-reactive ketones (excluding diaryl/α,β-unsaturated/α-hetero) is 1. The maximum atomic E-state index is 14.6. The predicted molar refractivity (Wildman–Crippen MR) is 106 cm³/mol. The Kier molecular flexibility index (Phi) is 6.61. The molecule has 0 spiro atoms. The summed E-state index contributed by atoms with van der Waals surface area (Å²) in [5.74, 6) is -4.85. The van der Waals surface area contributed by atoms with Gasteiger partial charge in [-0.05, 0) is 47.1 Å². The molecule has 3 aromatic rings. The van der Waals surface area contributed by atoms with Gasteiger partial charge in [-0.25, -0.2) is 17.6 Å². The minimum absolute atomic E-state index is 0.0182. The smallest absolute Gasteiger partial charge is 0.273 e. The standard InChI is InChI=1S/C21H14BrF4NO4/c1-10-4-18(31-9-11-2-3-13(23)7-14(11)24)19(22)21(30)27(10)20-15(25)5-12(6-16(20)26)17(29)8-28/h2-7,28H,8-9H2,1H3. The van der Waals surface area contributed by atoms with Crippen molar-refractivity contribution in [3.8, 4) is 11.4 Å². The third-order valence-corrected chi connectivity index (χ3v) is 5.13. The van der Waals surface area contributed by atoms with Crippen molar-refractivity contribution in [2.24, 2.45) is 0 Å². The number of rotatable bonds is 6. The van der Waals surface area contributed by atoms with Crippen molar-refractivity contribution >= 4 is 21.7 Å². The first kappa shape index (κ1) is 22.7. The monoisotopic (exact) mass is 499 g/mol. The van der Waals surface area contributed by atoms with Crippen LogP contribution in [0.4, 0.5) is 17.6 Å². The van der Waals surface area contributed by atoms with Crippen LogP contribution in [-0.2, 0) is 6.61 Å². The lowest BCUT2D eigenvalue weighted by Gasteiger charge is -2.16. The van der Waals surface area contributed by atoms with Crippen LogP contribution in [0.2, 0.25) is 0 Å². The molecule has 3 rings (SSSR count). The van der Waals surface area contributed by atoms with Gasteiger partial charge in [0.25, 0.3) is 5.56 Å². The van der Waals surface area contributed by atoms with Gasteiger partial charge >= 0.3 is 0 Å². The van der Waals surface area contributed by atoms with Gasteiger partial charge in [-0.15, -0.1) is 0 Å². The zero-order chi connectivity index (χ0) is 22.9. The van der Waals surface area contributed by atoms with E-state index in [0.29, 0.717) is 6.07 Å². The quantitative estimate of drug-likeness (QED) is 0.407. The molecule has 162 valence electrons. The average molecular weight is 500 g/mol. The number of ether oxygens (including phenoxy) is 1. The second-order valence-electron chi connectivity index (χ2n) is 6.50. The first-order valence-electron chi connectivity index (χ1n) is 8.76. The molecule has 0 bridgehead atoms. The Bertz CT molecular complexity index is 1220. The molecule has 0 radical (unpaired) electrons. The Balaban J connectivity index is 2.01. The van der Waals surface area contributed by atoms with Crippen LogP contribution in [0.15, 0.2) is 45.7 Å². The molecule has 0 unspecified atom stereocenters. The number of benzene rings is 2. The van der Waals surface area contributed by atoms with Crippen LogP contribution in [0.1, 0.15) is 21.6 Å². The first-order chi connectivity index (χ1) is 14.6. The molecule has 0 amide bonds. The summed E-state index contributed by atoms with van der Waals surface area (Å²) in [7, 11) is 0. The van der Waals surface area contributed by atoms with E-state index in [2.05, 4.69) is 15.9 Å². The van der Waals surface area contributed by atoms with Gasteiger partial charge in [0.15, 0.2) is 17.4 Å². The number of hydrogen-bond donors (Lipinski definition) is 1. The fraction of sp³-hybridized carbons (Fsp3) is 0.143. The summed E-state index contributed by atoms with van der Waals surface area (Å²) >= 11 is 3.02. The van der Waals surface area contributed by atoms with Crippen LogP contribution in [0, 0.1) is 30.2 Å². The van der Waals surface area contributed by atoms with Crippen molar-refractivity contribution in [1.82, 2.24) is 4.57 Å². The van der Waals surface area contributed by atoms with Gasteiger partial charge in [-0.2, -0.15) is 0 Å². The molecule has 31 heavy (non-hydrogen) atoms. The van der Waals surface area contributed by atoms with E-state index < -0.39 is 46.9 Å². The molecule has 0 saturated heterocycles. The molecule has 0 saturated carbocycles. The van der Waals surface area contributed by atoms with Gasteiger partial charge in [-0.1, -0.05) is 0 Å². The maximum Gasteiger partial charge on any atom is 0.273 e. The maximum absolute atomic E-state index is 14.6. The Morgan fingerprint density at radius 3 is 2.29 bits per heavy atom. The normalized spacial score (nSPS) is 10.9. The molecular weight excluding hydrogens is 486 g/mol. The number of aliphatic hydroxyl groups excluding tert-OH is 1. The third kappa shape index (κ3) is 4.54. The van der Waals surface area contributed by atoms with Crippen LogP contribution >= 0.6 is 15.9 Å². The van der Waals surface area contributed by atoms with E-state index in [1.54, 1.807) is 0 Å². The number of aliphatic hydroxyl groups is 1. The predicted octanol–water partition coefficient (Wildman–Crippen LogP) is 4.22. The molecule has 0 atom stereocenters. The van der Waals surface area contributed by atoms with Gasteiger partial charge in [0, 0.05) is 29.0 Å². The lowest BCUT2D eigenvalue weighted by molar-refractivity contribution is 0.0903. The SMILES string of the molecule is Cc1cc(OCc2ccc(F)cc2F)c(Br)c(=O)n1-c1c(F)cc(C(=O)CO)cc1F. The molecule has 1 heterocycles. The van der Waals surface area contributed by atoms with Crippen LogP contribution in [-0.4, -0.2) is 22.1 Å². The second-order valence-corrected chi connectivity index (χ2v) is 7.29. The van der Waals surface area contributed by atoms with Gasteiger partial charge in [-0.3, -0.25) is 14.2 Å². The van der Waals surface area contributed by atoms with Crippen molar-refractivity contribution in [1.29, 1.82) is 0 Å². The van der Waals surface area contributed by atoms with Crippen molar-refractivity contribution < 1.29 is 32.2 Å². The van der Waals surface area contributed by atoms with E-state index in [1.807, 2.05) is 0 Å². The summed E-state index contributed by atoms with van der Waals surface area (Å²) in [6, 6.07) is 5.67. The topological polar surface area (TPSA) is 68.5 Å². The van der Waals surface area contributed by atoms with Gasteiger partial charge in [0.2, 0.25) is 0 Å². The van der Waals surface area contributed by atoms with Gasteiger partial charge < -0.3 is 9.84 Å². The highest BCUT2D eigenvalue weighted by molar-refractivity contribution is 9.10. The average Bonchev–Trinajstić information content (AvgIpc) is 2.71. The van der Waals surface area contributed by atoms with E-state index in [4.69, 9.17) is 9.84 Å². The van der Waals surface area contributed by atoms with E-state index in [1.165, 1.54) is 19.1 Å². The summed E-state index contributed by atoms with van der Waals surface area (Å²) in [4.78, 5) is 24.3. The number of aromatic nitrogens is 1. The first-order valence-corrected chi connectivity index (χ1v) is 9.55. The largest absolute Gasteiger partial charge is 0.487 e. The number of aryl methyl sites for hydroxylation is 1. The van der Waals surface area contributed by atoms with Crippen LogP contribution in [0.5, 0.6) is 5.75 Å². The van der Waals surface area contributed by atoms with Crippen molar-refractivity contribution in [2.75, 3.05) is 6.61 Å². The van der Waals surface area contributed by atoms with E-state index in [-0.39, 0.29) is 33.6 Å². The van der Waals surface area contributed by atoms with Gasteiger partial charge in [0.1, 0.15) is 40.8 Å². The van der Waals surface area contributed by atoms with Crippen LogP contribution in [0.3, 0.4) is 0 Å². The Morgan fingerprint density at radius 1 is 1.06 bits per heavy atom.